The van der Waals surface area contributed by atoms with Gasteiger partial charge in [0.05, 0.1) is 6.61 Å². The summed E-state index contributed by atoms with van der Waals surface area (Å²) in [5.74, 6) is 6.37. The quantitative estimate of drug-likeness (QED) is 0.140. The first kappa shape index (κ1) is 32.4. The second kappa shape index (κ2) is 15.3. The van der Waals surface area contributed by atoms with Crippen molar-refractivity contribution in [3.05, 3.63) is 0 Å². The number of carbonyl (C=O) groups excluding carboxylic acids is 1. The molecule has 40 heavy (non-hydrogen) atoms. The van der Waals surface area contributed by atoms with Crippen molar-refractivity contribution in [3.8, 4) is 0 Å². The molecule has 0 aromatic carbocycles. The fraction of sp³-hybridized carbons (Fsp3) is 0.974. The molecule has 0 radical (unpaired) electrons. The van der Waals surface area contributed by atoms with Gasteiger partial charge in [-0.05, 0) is 116 Å². The third kappa shape index (κ3) is 7.70. The van der Waals surface area contributed by atoms with E-state index in [9.17, 15) is 4.79 Å². The van der Waals surface area contributed by atoms with Gasteiger partial charge in [-0.1, -0.05) is 105 Å². The van der Waals surface area contributed by atoms with Crippen LogP contribution in [0.25, 0.3) is 0 Å². The predicted octanol–water partition coefficient (Wildman–Crippen LogP) is 11.6. The Balaban J connectivity index is 1.12. The minimum atomic E-state index is 0.0304. The predicted molar refractivity (Wildman–Crippen MR) is 170 cm³/mol. The van der Waals surface area contributed by atoms with Crippen LogP contribution in [-0.2, 0) is 9.53 Å². The minimum absolute atomic E-state index is 0.0304. The van der Waals surface area contributed by atoms with Crippen molar-refractivity contribution < 1.29 is 9.53 Å². The van der Waals surface area contributed by atoms with Crippen LogP contribution in [-0.4, -0.2) is 12.6 Å². The van der Waals surface area contributed by atoms with Crippen molar-refractivity contribution in [2.75, 3.05) is 6.61 Å². The van der Waals surface area contributed by atoms with Crippen LogP contribution in [0, 0.1) is 52.3 Å². The van der Waals surface area contributed by atoms with E-state index >= 15 is 0 Å². The molecule has 0 bridgehead atoms. The van der Waals surface area contributed by atoms with Gasteiger partial charge < -0.3 is 4.74 Å². The molecule has 4 aliphatic rings. The van der Waals surface area contributed by atoms with Gasteiger partial charge in [0.25, 0.3) is 0 Å². The van der Waals surface area contributed by atoms with Crippen molar-refractivity contribution in [1.29, 1.82) is 0 Å². The van der Waals surface area contributed by atoms with Crippen LogP contribution in [0.1, 0.15) is 176 Å². The third-order valence-electron chi connectivity index (χ3n) is 13.5. The Morgan fingerprint density at radius 3 is 2.25 bits per heavy atom. The molecule has 4 fully saturated rings. The summed E-state index contributed by atoms with van der Waals surface area (Å²) in [4.78, 5) is 12.2. The Bertz CT molecular complexity index is 761. The van der Waals surface area contributed by atoms with Crippen molar-refractivity contribution in [2.45, 2.75) is 176 Å². The summed E-state index contributed by atoms with van der Waals surface area (Å²) >= 11 is 0. The summed E-state index contributed by atoms with van der Waals surface area (Å²) in [7, 11) is 0. The number of rotatable bonds is 16. The summed E-state index contributed by atoms with van der Waals surface area (Å²) in [6, 6.07) is 0. The highest BCUT2D eigenvalue weighted by molar-refractivity contribution is 5.69. The molecule has 0 aromatic heterocycles. The van der Waals surface area contributed by atoms with Crippen LogP contribution in [0.15, 0.2) is 0 Å². The summed E-state index contributed by atoms with van der Waals surface area (Å²) in [6.45, 7) is 13.2. The summed E-state index contributed by atoms with van der Waals surface area (Å²) in [6.07, 6.45) is 29.8. The van der Waals surface area contributed by atoms with E-state index in [-0.39, 0.29) is 5.97 Å². The molecule has 9 atom stereocenters. The molecule has 4 rings (SSSR count). The number of carbonyl (C=O) groups is 1. The molecule has 0 saturated heterocycles. The standard InChI is InChI=1S/C38H68O2/c1-6-7-8-9-10-11-12-13-20-36(39)40-28-29(2)17-16-18-30(3)33-23-24-34-32-22-21-31-19-14-15-26-37(31,4)35(32)25-27-38(33,34)5/h29-35H,6-28H2,1-5H3/t29?,30-,31?,32+,33-,34+,35+,37+,38-/m1/s1. The number of hydrogen-bond donors (Lipinski definition) is 0. The molecular formula is C38H68O2. The van der Waals surface area contributed by atoms with E-state index < -0.39 is 0 Å². The van der Waals surface area contributed by atoms with E-state index in [1.807, 2.05) is 0 Å². The van der Waals surface area contributed by atoms with Crippen molar-refractivity contribution in [1.82, 2.24) is 0 Å². The van der Waals surface area contributed by atoms with E-state index in [0.717, 1.165) is 41.9 Å². The highest BCUT2D eigenvalue weighted by Gasteiger charge is 2.60. The Labute approximate surface area is 249 Å². The molecule has 2 nitrogen and oxygen atoms in total. The van der Waals surface area contributed by atoms with Crippen molar-refractivity contribution in [2.24, 2.45) is 52.3 Å². The first-order chi connectivity index (χ1) is 19.3. The van der Waals surface area contributed by atoms with E-state index in [0.29, 0.717) is 29.8 Å². The average Bonchev–Trinajstić information content (AvgIpc) is 3.30. The van der Waals surface area contributed by atoms with E-state index in [1.54, 1.807) is 6.42 Å². The lowest BCUT2D eigenvalue weighted by Gasteiger charge is -2.61. The third-order valence-corrected chi connectivity index (χ3v) is 13.5. The first-order valence-electron chi connectivity index (χ1n) is 18.4. The van der Waals surface area contributed by atoms with Gasteiger partial charge in [0.1, 0.15) is 0 Å². The number of unbranched alkanes of at least 4 members (excludes halogenated alkanes) is 7. The average molecular weight is 557 g/mol. The maximum Gasteiger partial charge on any atom is 0.305 e. The molecule has 0 N–H and O–H groups in total. The Morgan fingerprint density at radius 2 is 1.48 bits per heavy atom. The van der Waals surface area contributed by atoms with Gasteiger partial charge in [-0.25, -0.2) is 0 Å². The molecule has 0 spiro atoms. The molecule has 0 heterocycles. The molecule has 0 aliphatic heterocycles. The van der Waals surface area contributed by atoms with Gasteiger partial charge in [-0.15, -0.1) is 0 Å². The molecule has 2 heteroatoms. The Kier molecular flexibility index (Phi) is 12.4. The zero-order chi connectivity index (χ0) is 28.6. The highest BCUT2D eigenvalue weighted by atomic mass is 16.5. The maximum absolute atomic E-state index is 12.2. The topological polar surface area (TPSA) is 26.3 Å². The number of fused-ring (bicyclic) bond motifs is 5. The largest absolute Gasteiger partial charge is 0.465 e. The molecule has 232 valence electrons. The molecule has 2 unspecified atom stereocenters. The van der Waals surface area contributed by atoms with Crippen LogP contribution >= 0.6 is 0 Å². The van der Waals surface area contributed by atoms with Gasteiger partial charge in [0.2, 0.25) is 0 Å². The fourth-order valence-electron chi connectivity index (χ4n) is 11.1. The van der Waals surface area contributed by atoms with Crippen LogP contribution in [0.5, 0.6) is 0 Å². The Hall–Kier alpha value is -0.530. The second-order valence-electron chi connectivity index (χ2n) is 16.1. The molecule has 4 saturated carbocycles. The number of esters is 1. The van der Waals surface area contributed by atoms with Gasteiger partial charge in [0, 0.05) is 6.42 Å². The zero-order valence-electron chi connectivity index (χ0n) is 27.6. The molecule has 0 amide bonds. The monoisotopic (exact) mass is 557 g/mol. The number of ether oxygens (including phenoxy) is 1. The highest BCUT2D eigenvalue weighted by Crippen LogP contribution is 2.68. The molecule has 4 aliphatic carbocycles. The number of hydrogen-bond acceptors (Lipinski definition) is 2. The maximum atomic E-state index is 12.2. The van der Waals surface area contributed by atoms with Crippen molar-refractivity contribution in [3.63, 3.8) is 0 Å². The van der Waals surface area contributed by atoms with Crippen LogP contribution < -0.4 is 0 Å². The van der Waals surface area contributed by atoms with Crippen molar-refractivity contribution >= 4 is 5.97 Å². The van der Waals surface area contributed by atoms with Crippen LogP contribution in [0.2, 0.25) is 0 Å². The second-order valence-corrected chi connectivity index (χ2v) is 16.1. The van der Waals surface area contributed by atoms with E-state index in [2.05, 4.69) is 34.6 Å². The van der Waals surface area contributed by atoms with Gasteiger partial charge >= 0.3 is 5.97 Å². The normalized spacial score (nSPS) is 36.8. The minimum Gasteiger partial charge on any atom is -0.465 e. The summed E-state index contributed by atoms with van der Waals surface area (Å²) < 4.78 is 5.66. The lowest BCUT2D eigenvalue weighted by atomic mass is 9.44. The van der Waals surface area contributed by atoms with E-state index in [4.69, 9.17) is 4.74 Å². The van der Waals surface area contributed by atoms with Crippen LogP contribution in [0.3, 0.4) is 0 Å². The fourth-order valence-corrected chi connectivity index (χ4v) is 11.1. The van der Waals surface area contributed by atoms with Gasteiger partial charge in [0.15, 0.2) is 0 Å². The molecular weight excluding hydrogens is 488 g/mol. The lowest BCUT2D eigenvalue weighted by Crippen LogP contribution is -2.53. The van der Waals surface area contributed by atoms with Crippen LogP contribution in [0.4, 0.5) is 0 Å². The smallest absolute Gasteiger partial charge is 0.305 e. The first-order valence-corrected chi connectivity index (χ1v) is 18.4. The van der Waals surface area contributed by atoms with Gasteiger partial charge in [-0.3, -0.25) is 4.79 Å². The Morgan fingerprint density at radius 1 is 0.750 bits per heavy atom. The van der Waals surface area contributed by atoms with E-state index in [1.165, 1.54) is 122 Å². The summed E-state index contributed by atoms with van der Waals surface area (Å²) in [5.41, 5.74) is 1.26. The SMILES string of the molecule is CCCCCCCCCCC(=O)OCC(C)CCC[C@@H](C)[C@H]1CC[C@H]2[C@@H]3CCC4CCCC[C@]4(C)[C@H]3CC[C@]12C. The zero-order valence-corrected chi connectivity index (χ0v) is 27.6. The summed E-state index contributed by atoms with van der Waals surface area (Å²) in [5, 5.41) is 0. The lowest BCUT2D eigenvalue weighted by molar-refractivity contribution is -0.145. The van der Waals surface area contributed by atoms with Gasteiger partial charge in [-0.2, -0.15) is 0 Å². The molecule has 0 aromatic rings.